The van der Waals surface area contributed by atoms with E-state index < -0.39 is 29.3 Å². The summed E-state index contributed by atoms with van der Waals surface area (Å²) < 4.78 is 18.4. The molecular formula is C22H20FNO4. The third kappa shape index (κ3) is 4.02. The van der Waals surface area contributed by atoms with Gasteiger partial charge in [-0.1, -0.05) is 48.5 Å². The zero-order valence-corrected chi connectivity index (χ0v) is 15.3. The van der Waals surface area contributed by atoms with Gasteiger partial charge in [0.1, 0.15) is 5.82 Å². The second-order valence-corrected chi connectivity index (χ2v) is 6.32. The number of aliphatic hydroxyl groups is 1. The lowest BCUT2D eigenvalue weighted by molar-refractivity contribution is -0.130. The maximum atomic E-state index is 13.4. The van der Waals surface area contributed by atoms with E-state index in [1.807, 2.05) is 30.3 Å². The molecule has 0 fully saturated rings. The predicted octanol–water partition coefficient (Wildman–Crippen LogP) is 3.45. The Balaban J connectivity index is 1.97. The van der Waals surface area contributed by atoms with E-state index in [1.54, 1.807) is 6.08 Å². The first-order chi connectivity index (χ1) is 13.5. The number of amides is 1. The van der Waals surface area contributed by atoms with Crippen molar-refractivity contribution in [3.8, 4) is 0 Å². The second-order valence-electron chi connectivity index (χ2n) is 6.32. The maximum absolute atomic E-state index is 13.4. The van der Waals surface area contributed by atoms with Crippen molar-refractivity contribution in [2.75, 3.05) is 20.3 Å². The summed E-state index contributed by atoms with van der Waals surface area (Å²) >= 11 is 0. The minimum atomic E-state index is -0.809. The monoisotopic (exact) mass is 381 g/mol. The zero-order chi connectivity index (χ0) is 20.1. The molecule has 5 nitrogen and oxygen atoms in total. The Labute approximate surface area is 162 Å². The van der Waals surface area contributed by atoms with E-state index in [4.69, 9.17) is 4.74 Å². The summed E-state index contributed by atoms with van der Waals surface area (Å²) in [6.07, 6.45) is 2.94. The van der Waals surface area contributed by atoms with Crippen molar-refractivity contribution in [2.45, 2.75) is 6.04 Å². The minimum Gasteiger partial charge on any atom is -0.503 e. The Hall–Kier alpha value is -3.25. The Morgan fingerprint density at radius 3 is 2.50 bits per heavy atom. The molecule has 2 aromatic carbocycles. The van der Waals surface area contributed by atoms with E-state index in [9.17, 15) is 19.1 Å². The summed E-state index contributed by atoms with van der Waals surface area (Å²) in [6, 6.07) is 13.9. The Morgan fingerprint density at radius 1 is 1.18 bits per heavy atom. The highest BCUT2D eigenvalue weighted by molar-refractivity contribution is 6.14. The normalized spacial score (nSPS) is 17.0. The van der Waals surface area contributed by atoms with Crippen LogP contribution >= 0.6 is 0 Å². The van der Waals surface area contributed by atoms with Crippen molar-refractivity contribution in [1.82, 2.24) is 4.90 Å². The van der Waals surface area contributed by atoms with Gasteiger partial charge in [0.05, 0.1) is 18.2 Å². The molecule has 3 rings (SSSR count). The summed E-state index contributed by atoms with van der Waals surface area (Å²) in [5.41, 5.74) is 1.32. The van der Waals surface area contributed by atoms with Crippen LogP contribution in [0.5, 0.6) is 0 Å². The van der Waals surface area contributed by atoms with Gasteiger partial charge >= 0.3 is 0 Å². The van der Waals surface area contributed by atoms with Gasteiger partial charge in [0.25, 0.3) is 5.91 Å². The lowest BCUT2D eigenvalue weighted by Crippen LogP contribution is -2.33. The molecule has 1 amide bonds. The molecule has 2 aromatic rings. The molecule has 0 spiro atoms. The predicted molar refractivity (Wildman–Crippen MR) is 103 cm³/mol. The maximum Gasteiger partial charge on any atom is 0.290 e. The lowest BCUT2D eigenvalue weighted by atomic mass is 9.95. The van der Waals surface area contributed by atoms with Crippen LogP contribution in [0.1, 0.15) is 17.2 Å². The van der Waals surface area contributed by atoms with Crippen molar-refractivity contribution in [1.29, 1.82) is 0 Å². The van der Waals surface area contributed by atoms with Crippen LogP contribution in [-0.2, 0) is 14.3 Å². The number of hydrogen-bond acceptors (Lipinski definition) is 4. The Kier molecular flexibility index (Phi) is 6.01. The molecule has 0 aromatic heterocycles. The fourth-order valence-electron chi connectivity index (χ4n) is 3.14. The molecule has 1 atom stereocenters. The number of carbonyl (C=O) groups is 2. The highest BCUT2D eigenvalue weighted by Gasteiger charge is 2.42. The number of nitrogens with zero attached hydrogens (tertiary/aromatic N) is 1. The number of allylic oxidation sites excluding steroid dienone is 1. The van der Waals surface area contributed by atoms with Crippen LogP contribution in [0, 0.1) is 5.82 Å². The summed E-state index contributed by atoms with van der Waals surface area (Å²) in [6.45, 7) is 0.415. The van der Waals surface area contributed by atoms with Gasteiger partial charge in [-0.3, -0.25) is 9.59 Å². The first-order valence-electron chi connectivity index (χ1n) is 8.79. The molecule has 1 heterocycles. The Morgan fingerprint density at radius 2 is 1.86 bits per heavy atom. The average Bonchev–Trinajstić information content (AvgIpc) is 2.96. The molecule has 1 aliphatic rings. The van der Waals surface area contributed by atoms with Gasteiger partial charge in [-0.2, -0.15) is 0 Å². The average molecular weight is 381 g/mol. The molecule has 28 heavy (non-hydrogen) atoms. The van der Waals surface area contributed by atoms with Crippen LogP contribution < -0.4 is 0 Å². The summed E-state index contributed by atoms with van der Waals surface area (Å²) in [7, 11) is 1.50. The zero-order valence-electron chi connectivity index (χ0n) is 15.3. The van der Waals surface area contributed by atoms with Crippen LogP contribution in [0.2, 0.25) is 0 Å². The fourth-order valence-corrected chi connectivity index (χ4v) is 3.14. The van der Waals surface area contributed by atoms with Gasteiger partial charge in [-0.15, -0.1) is 0 Å². The van der Waals surface area contributed by atoms with Gasteiger partial charge in [0.15, 0.2) is 11.5 Å². The number of hydrogen-bond donors (Lipinski definition) is 1. The molecule has 1 unspecified atom stereocenters. The van der Waals surface area contributed by atoms with Crippen molar-refractivity contribution in [3.63, 3.8) is 0 Å². The molecule has 0 saturated carbocycles. The molecule has 1 N–H and O–H groups in total. The second kappa shape index (κ2) is 8.63. The summed E-state index contributed by atoms with van der Waals surface area (Å²) in [5, 5.41) is 10.4. The third-order valence-corrected chi connectivity index (χ3v) is 4.52. The van der Waals surface area contributed by atoms with Crippen LogP contribution in [0.3, 0.4) is 0 Å². The molecule has 1 aliphatic heterocycles. The van der Waals surface area contributed by atoms with E-state index in [0.29, 0.717) is 5.56 Å². The van der Waals surface area contributed by atoms with Crippen LogP contribution in [0.4, 0.5) is 4.39 Å². The number of methoxy groups -OCH3 is 1. The van der Waals surface area contributed by atoms with Crippen molar-refractivity contribution in [2.24, 2.45) is 0 Å². The molecule has 6 heteroatoms. The Bertz CT molecular complexity index is 919. The van der Waals surface area contributed by atoms with E-state index in [0.717, 1.165) is 5.56 Å². The van der Waals surface area contributed by atoms with Gasteiger partial charge in [0, 0.05) is 13.7 Å². The van der Waals surface area contributed by atoms with E-state index in [1.165, 1.54) is 42.4 Å². The van der Waals surface area contributed by atoms with Crippen molar-refractivity contribution >= 4 is 17.8 Å². The fraction of sp³-hybridized carbons (Fsp3) is 0.182. The van der Waals surface area contributed by atoms with Crippen molar-refractivity contribution in [3.05, 3.63) is 88.9 Å². The minimum absolute atomic E-state index is 0.0279. The van der Waals surface area contributed by atoms with E-state index in [-0.39, 0.29) is 18.7 Å². The molecule has 0 aliphatic carbocycles. The quantitative estimate of drug-likeness (QED) is 0.746. The highest BCUT2D eigenvalue weighted by Crippen LogP contribution is 2.37. The summed E-state index contributed by atoms with van der Waals surface area (Å²) in [4.78, 5) is 26.8. The standard InChI is InChI=1S/C22H20FNO4/c1-28-14-13-24-20(16-8-10-17(23)11-9-16)19(21(26)22(24)27)18(25)12-7-15-5-3-2-4-6-15/h2-12,20,26H,13-14H2,1H3/b12-7+. The van der Waals surface area contributed by atoms with Gasteiger partial charge < -0.3 is 14.7 Å². The number of benzene rings is 2. The number of halogens is 1. The number of carbonyl (C=O) groups excluding carboxylic acids is 2. The van der Waals surface area contributed by atoms with E-state index >= 15 is 0 Å². The molecule has 144 valence electrons. The smallest absolute Gasteiger partial charge is 0.290 e. The first kappa shape index (κ1) is 19.5. The van der Waals surface area contributed by atoms with Gasteiger partial charge in [-0.05, 0) is 29.3 Å². The van der Waals surface area contributed by atoms with Crippen LogP contribution in [0.25, 0.3) is 6.08 Å². The molecule has 0 saturated heterocycles. The number of ether oxygens (including phenoxy) is 1. The molecular weight excluding hydrogens is 361 g/mol. The number of ketones is 1. The largest absolute Gasteiger partial charge is 0.503 e. The SMILES string of the molecule is COCCN1C(=O)C(O)=C(C(=O)/C=C/c2ccccc2)C1c1ccc(F)cc1. The van der Waals surface area contributed by atoms with Crippen LogP contribution in [-0.4, -0.2) is 42.0 Å². The first-order valence-corrected chi connectivity index (χ1v) is 8.79. The van der Waals surface area contributed by atoms with Crippen molar-refractivity contribution < 1.29 is 23.8 Å². The third-order valence-electron chi connectivity index (χ3n) is 4.52. The summed E-state index contributed by atoms with van der Waals surface area (Å²) in [5.74, 6) is -2.15. The van der Waals surface area contributed by atoms with Gasteiger partial charge in [-0.25, -0.2) is 4.39 Å². The van der Waals surface area contributed by atoms with E-state index in [2.05, 4.69) is 0 Å². The van der Waals surface area contributed by atoms with Gasteiger partial charge in [0.2, 0.25) is 0 Å². The molecule has 0 bridgehead atoms. The number of rotatable bonds is 7. The molecule has 0 radical (unpaired) electrons. The number of aliphatic hydroxyl groups excluding tert-OH is 1. The lowest BCUT2D eigenvalue weighted by Gasteiger charge is -2.26. The highest BCUT2D eigenvalue weighted by atomic mass is 19.1. The van der Waals surface area contributed by atoms with Crippen LogP contribution in [0.15, 0.2) is 72.0 Å². The topological polar surface area (TPSA) is 66.8 Å².